The second-order valence-corrected chi connectivity index (χ2v) is 2.73. The molecule has 0 saturated carbocycles. The molecular formula is C7H14N2O2. The average Bonchev–Trinajstić information content (AvgIpc) is 2.53. The highest BCUT2D eigenvalue weighted by molar-refractivity contribution is 5.78. The number of carbonyl (C=O) groups is 1. The van der Waals surface area contributed by atoms with Gasteiger partial charge < -0.3 is 15.4 Å². The van der Waals surface area contributed by atoms with Crippen LogP contribution in [0.15, 0.2) is 0 Å². The second-order valence-electron chi connectivity index (χ2n) is 2.73. The molecule has 0 aromatic rings. The third-order valence-corrected chi connectivity index (χ3v) is 2.02. The molecule has 1 saturated heterocycles. The second kappa shape index (κ2) is 3.69. The van der Waals surface area contributed by atoms with Crippen molar-refractivity contribution in [1.82, 2.24) is 4.90 Å². The van der Waals surface area contributed by atoms with Crippen LogP contribution in [-0.2, 0) is 9.53 Å². The lowest BCUT2D eigenvalue weighted by Gasteiger charge is -2.22. The van der Waals surface area contributed by atoms with Gasteiger partial charge in [0.15, 0.2) is 0 Å². The lowest BCUT2D eigenvalue weighted by atomic mass is 10.2. The predicted octanol–water partition coefficient (Wildman–Crippen LogP) is -0.808. The Hall–Kier alpha value is -0.610. The molecule has 1 atom stereocenters. The van der Waals surface area contributed by atoms with Crippen LogP contribution in [0.1, 0.15) is 6.42 Å². The van der Waals surface area contributed by atoms with Gasteiger partial charge in [-0.05, 0) is 6.42 Å². The molecule has 64 valence electrons. The van der Waals surface area contributed by atoms with Crippen LogP contribution in [0.25, 0.3) is 0 Å². The van der Waals surface area contributed by atoms with E-state index in [2.05, 4.69) is 0 Å². The Morgan fingerprint density at radius 3 is 3.00 bits per heavy atom. The smallest absolute Gasteiger partial charge is 0.236 e. The number of likely N-dealkylation sites (N-methyl/N-ethyl adjacent to an activating group) is 1. The summed E-state index contributed by atoms with van der Waals surface area (Å²) >= 11 is 0. The number of carbonyl (C=O) groups excluding carboxylic acids is 1. The minimum Gasteiger partial charge on any atom is -0.379 e. The third kappa shape index (κ3) is 1.91. The van der Waals surface area contributed by atoms with Gasteiger partial charge in [-0.25, -0.2) is 0 Å². The van der Waals surface area contributed by atoms with Crippen molar-refractivity contribution in [1.29, 1.82) is 0 Å². The van der Waals surface area contributed by atoms with E-state index in [1.165, 1.54) is 0 Å². The first-order valence-electron chi connectivity index (χ1n) is 3.79. The Morgan fingerprint density at radius 1 is 1.82 bits per heavy atom. The van der Waals surface area contributed by atoms with Crippen LogP contribution in [0.5, 0.6) is 0 Å². The molecule has 0 spiro atoms. The monoisotopic (exact) mass is 158 g/mol. The Kier molecular flexibility index (Phi) is 2.84. The fraction of sp³-hybridized carbons (Fsp3) is 0.857. The van der Waals surface area contributed by atoms with Gasteiger partial charge in [0.1, 0.15) is 0 Å². The van der Waals surface area contributed by atoms with E-state index in [-0.39, 0.29) is 18.5 Å². The summed E-state index contributed by atoms with van der Waals surface area (Å²) in [5.74, 6) is -0.0134. The molecule has 1 heterocycles. The van der Waals surface area contributed by atoms with Crippen LogP contribution in [0.3, 0.4) is 0 Å². The fourth-order valence-corrected chi connectivity index (χ4v) is 1.18. The number of hydrogen-bond acceptors (Lipinski definition) is 3. The number of nitrogens with two attached hydrogens (primary N) is 1. The van der Waals surface area contributed by atoms with E-state index < -0.39 is 0 Å². The van der Waals surface area contributed by atoms with Gasteiger partial charge in [0.25, 0.3) is 0 Å². The summed E-state index contributed by atoms with van der Waals surface area (Å²) < 4.78 is 5.14. The highest BCUT2D eigenvalue weighted by atomic mass is 16.5. The lowest BCUT2D eigenvalue weighted by molar-refractivity contribution is -0.130. The van der Waals surface area contributed by atoms with Crippen molar-refractivity contribution in [2.24, 2.45) is 5.73 Å². The summed E-state index contributed by atoms with van der Waals surface area (Å²) in [5, 5.41) is 0. The van der Waals surface area contributed by atoms with Crippen LogP contribution < -0.4 is 5.73 Å². The third-order valence-electron chi connectivity index (χ3n) is 2.02. The first-order valence-corrected chi connectivity index (χ1v) is 3.79. The zero-order valence-corrected chi connectivity index (χ0v) is 6.75. The molecule has 0 bridgehead atoms. The van der Waals surface area contributed by atoms with E-state index in [0.29, 0.717) is 6.61 Å². The first kappa shape index (κ1) is 8.49. The van der Waals surface area contributed by atoms with Gasteiger partial charge in [0.05, 0.1) is 19.2 Å². The van der Waals surface area contributed by atoms with Gasteiger partial charge in [0, 0.05) is 13.7 Å². The number of rotatable bonds is 2. The Balaban J connectivity index is 2.39. The highest BCUT2D eigenvalue weighted by Crippen LogP contribution is 2.09. The minimum absolute atomic E-state index is 0.0134. The zero-order chi connectivity index (χ0) is 8.27. The maximum absolute atomic E-state index is 11.0. The number of amides is 1. The van der Waals surface area contributed by atoms with Crippen LogP contribution >= 0.6 is 0 Å². The minimum atomic E-state index is -0.0134. The van der Waals surface area contributed by atoms with Crippen molar-refractivity contribution in [3.63, 3.8) is 0 Å². The Labute approximate surface area is 66.3 Å². The molecule has 1 amide bonds. The van der Waals surface area contributed by atoms with E-state index in [4.69, 9.17) is 10.5 Å². The van der Waals surface area contributed by atoms with Gasteiger partial charge in [-0.15, -0.1) is 0 Å². The summed E-state index contributed by atoms with van der Waals surface area (Å²) in [4.78, 5) is 12.7. The highest BCUT2D eigenvalue weighted by Gasteiger charge is 2.22. The molecule has 4 nitrogen and oxygen atoms in total. The molecule has 2 N–H and O–H groups in total. The van der Waals surface area contributed by atoms with Crippen molar-refractivity contribution in [2.45, 2.75) is 12.5 Å². The van der Waals surface area contributed by atoms with E-state index in [1.807, 2.05) is 0 Å². The standard InChI is InChI=1S/C7H14N2O2/c1-9(7(10)4-8)6-2-3-11-5-6/h6H,2-5,8H2,1H3. The zero-order valence-electron chi connectivity index (χ0n) is 6.75. The molecule has 4 heteroatoms. The summed E-state index contributed by atoms with van der Waals surface area (Å²) in [6.45, 7) is 1.50. The summed E-state index contributed by atoms with van der Waals surface area (Å²) in [5.41, 5.74) is 5.21. The van der Waals surface area contributed by atoms with Gasteiger partial charge in [-0.2, -0.15) is 0 Å². The van der Waals surface area contributed by atoms with Gasteiger partial charge >= 0.3 is 0 Å². The Bertz CT molecular complexity index is 143. The van der Waals surface area contributed by atoms with Crippen molar-refractivity contribution in [3.8, 4) is 0 Å². The van der Waals surface area contributed by atoms with Crippen LogP contribution in [0.4, 0.5) is 0 Å². The maximum atomic E-state index is 11.0. The van der Waals surface area contributed by atoms with Crippen LogP contribution in [0.2, 0.25) is 0 Å². The molecule has 1 aliphatic heterocycles. The van der Waals surface area contributed by atoms with Gasteiger partial charge in [0.2, 0.25) is 5.91 Å². The molecule has 0 radical (unpaired) electrons. The molecule has 1 fully saturated rings. The van der Waals surface area contributed by atoms with Crippen molar-refractivity contribution >= 4 is 5.91 Å². The quantitative estimate of drug-likeness (QED) is 0.572. The topological polar surface area (TPSA) is 55.6 Å². The number of hydrogen-bond donors (Lipinski definition) is 1. The predicted molar refractivity (Wildman–Crippen MR) is 41.0 cm³/mol. The van der Waals surface area contributed by atoms with Crippen molar-refractivity contribution < 1.29 is 9.53 Å². The number of nitrogens with zero attached hydrogens (tertiary/aromatic N) is 1. The maximum Gasteiger partial charge on any atom is 0.236 e. The van der Waals surface area contributed by atoms with E-state index in [1.54, 1.807) is 11.9 Å². The van der Waals surface area contributed by atoms with Crippen molar-refractivity contribution in [2.75, 3.05) is 26.8 Å². The van der Waals surface area contributed by atoms with Crippen LogP contribution in [0, 0.1) is 0 Å². The van der Waals surface area contributed by atoms with Gasteiger partial charge in [-0.1, -0.05) is 0 Å². The molecular weight excluding hydrogens is 144 g/mol. The van der Waals surface area contributed by atoms with Gasteiger partial charge in [-0.3, -0.25) is 4.79 Å². The molecule has 0 aromatic carbocycles. The molecule has 0 aliphatic carbocycles. The number of ether oxygens (including phenoxy) is 1. The fourth-order valence-electron chi connectivity index (χ4n) is 1.18. The molecule has 11 heavy (non-hydrogen) atoms. The molecule has 1 unspecified atom stereocenters. The largest absolute Gasteiger partial charge is 0.379 e. The summed E-state index contributed by atoms with van der Waals surface area (Å²) in [6.07, 6.45) is 0.933. The molecule has 0 aromatic heterocycles. The molecule has 1 rings (SSSR count). The van der Waals surface area contributed by atoms with E-state index in [9.17, 15) is 4.79 Å². The van der Waals surface area contributed by atoms with Crippen molar-refractivity contribution in [3.05, 3.63) is 0 Å². The lowest BCUT2D eigenvalue weighted by Crippen LogP contribution is -2.40. The SMILES string of the molecule is CN(C(=O)CN)C1CCOC1. The Morgan fingerprint density at radius 2 is 2.55 bits per heavy atom. The summed E-state index contributed by atoms with van der Waals surface area (Å²) in [6, 6.07) is 0.242. The van der Waals surface area contributed by atoms with Crippen LogP contribution in [-0.4, -0.2) is 43.7 Å². The van der Waals surface area contributed by atoms with E-state index in [0.717, 1.165) is 13.0 Å². The average molecular weight is 158 g/mol. The van der Waals surface area contributed by atoms with E-state index >= 15 is 0 Å². The normalized spacial score (nSPS) is 23.6. The summed E-state index contributed by atoms with van der Waals surface area (Å²) in [7, 11) is 1.77. The molecule has 1 aliphatic rings. The first-order chi connectivity index (χ1) is 5.25.